The lowest BCUT2D eigenvalue weighted by atomic mass is 10.2. The molecule has 0 saturated carbocycles. The number of amides is 1. The maximum atomic E-state index is 12.3. The lowest BCUT2D eigenvalue weighted by Gasteiger charge is -2.09. The van der Waals surface area contributed by atoms with Crippen molar-refractivity contribution in [3.05, 3.63) is 78.4 Å². The molecule has 0 aliphatic carbocycles. The van der Waals surface area contributed by atoms with Gasteiger partial charge >= 0.3 is 0 Å². The Bertz CT molecular complexity index is 1010. The third-order valence-corrected chi connectivity index (χ3v) is 5.41. The summed E-state index contributed by atoms with van der Waals surface area (Å²) < 4.78 is 29.0. The molecule has 8 heteroatoms. The van der Waals surface area contributed by atoms with Gasteiger partial charge < -0.3 is 9.88 Å². The highest BCUT2D eigenvalue weighted by atomic mass is 32.2. The molecule has 1 aromatic heterocycles. The van der Waals surface area contributed by atoms with E-state index < -0.39 is 10.0 Å². The van der Waals surface area contributed by atoms with E-state index in [4.69, 9.17) is 0 Å². The van der Waals surface area contributed by atoms with Crippen molar-refractivity contribution in [3.8, 4) is 0 Å². The molecule has 0 aliphatic rings. The molecule has 0 fully saturated rings. The van der Waals surface area contributed by atoms with Crippen molar-refractivity contribution in [2.24, 2.45) is 7.05 Å². The third kappa shape index (κ3) is 4.73. The van der Waals surface area contributed by atoms with Crippen LogP contribution < -0.4 is 10.0 Å². The Balaban J connectivity index is 1.58. The maximum absolute atomic E-state index is 12.3. The highest BCUT2D eigenvalue weighted by molar-refractivity contribution is 7.92. The number of aromatic nitrogens is 2. The lowest BCUT2D eigenvalue weighted by Crippen LogP contribution is -2.26. The van der Waals surface area contributed by atoms with E-state index in [1.807, 2.05) is 17.8 Å². The number of hydrogen-bond acceptors (Lipinski definition) is 4. The molecule has 0 spiro atoms. The summed E-state index contributed by atoms with van der Waals surface area (Å²) in [6.45, 7) is 0.464. The fourth-order valence-corrected chi connectivity index (χ4v) is 3.61. The van der Waals surface area contributed by atoms with Gasteiger partial charge in [0, 0.05) is 43.7 Å². The minimum absolute atomic E-state index is 0.182. The molecular weight excluding hydrogens is 364 g/mol. The number of rotatable bonds is 7. The minimum Gasteiger partial charge on any atom is -0.352 e. The van der Waals surface area contributed by atoms with Gasteiger partial charge in [-0.2, -0.15) is 0 Å². The molecule has 140 valence electrons. The fraction of sp³-hybridized carbons (Fsp3) is 0.158. The molecule has 0 aliphatic heterocycles. The number of imidazole rings is 1. The molecule has 3 rings (SSSR count). The van der Waals surface area contributed by atoms with Gasteiger partial charge in [0.1, 0.15) is 5.82 Å². The zero-order valence-electron chi connectivity index (χ0n) is 14.8. The lowest BCUT2D eigenvalue weighted by molar-refractivity contribution is 0.0954. The Morgan fingerprint density at radius 3 is 2.41 bits per heavy atom. The summed E-state index contributed by atoms with van der Waals surface area (Å²) in [6.07, 6.45) is 4.20. The number of benzene rings is 2. The van der Waals surface area contributed by atoms with E-state index in [-0.39, 0.29) is 10.8 Å². The van der Waals surface area contributed by atoms with Crippen LogP contribution in [0.3, 0.4) is 0 Å². The molecule has 0 bridgehead atoms. The number of carbonyl (C=O) groups is 1. The fourth-order valence-electron chi connectivity index (χ4n) is 2.53. The zero-order valence-corrected chi connectivity index (χ0v) is 15.6. The number of anilines is 1. The second-order valence-corrected chi connectivity index (χ2v) is 7.64. The number of nitrogens with one attached hydrogen (secondary N) is 2. The highest BCUT2D eigenvalue weighted by Crippen LogP contribution is 2.16. The molecule has 0 unspecified atom stereocenters. The normalized spacial score (nSPS) is 11.1. The summed E-state index contributed by atoms with van der Waals surface area (Å²) in [5.74, 6) is 0.669. The van der Waals surface area contributed by atoms with Crippen LogP contribution in [-0.2, 0) is 23.5 Å². The number of aryl methyl sites for hydroxylation is 1. The zero-order chi connectivity index (χ0) is 19.3. The van der Waals surface area contributed by atoms with E-state index in [0.29, 0.717) is 24.2 Å². The second kappa shape index (κ2) is 8.05. The van der Waals surface area contributed by atoms with E-state index >= 15 is 0 Å². The van der Waals surface area contributed by atoms with E-state index in [1.165, 1.54) is 12.1 Å². The average molecular weight is 384 g/mol. The topological polar surface area (TPSA) is 93.1 Å². The molecule has 0 atom stereocenters. The van der Waals surface area contributed by atoms with Gasteiger partial charge in [-0.15, -0.1) is 0 Å². The van der Waals surface area contributed by atoms with Gasteiger partial charge in [0.25, 0.3) is 15.9 Å². The van der Waals surface area contributed by atoms with Crippen molar-refractivity contribution < 1.29 is 13.2 Å². The molecule has 2 aromatic carbocycles. The average Bonchev–Trinajstić information content (AvgIpc) is 3.07. The van der Waals surface area contributed by atoms with Crippen molar-refractivity contribution in [2.75, 3.05) is 11.3 Å². The quantitative estimate of drug-likeness (QED) is 0.653. The van der Waals surface area contributed by atoms with E-state index in [1.54, 1.807) is 48.7 Å². The van der Waals surface area contributed by atoms with Crippen molar-refractivity contribution >= 4 is 21.6 Å². The standard InChI is InChI=1S/C19H20N4O3S/c1-23-14-13-20-18(23)11-12-21-19(24)15-7-9-16(10-8-15)22-27(25,26)17-5-3-2-4-6-17/h2-10,13-14,22H,11-12H2,1H3,(H,21,24). The molecule has 7 nitrogen and oxygen atoms in total. The van der Waals surface area contributed by atoms with Gasteiger partial charge in [-0.05, 0) is 36.4 Å². The SMILES string of the molecule is Cn1ccnc1CCNC(=O)c1ccc(NS(=O)(=O)c2ccccc2)cc1. The number of carbonyl (C=O) groups excluding carboxylic acids is 1. The van der Waals surface area contributed by atoms with Gasteiger partial charge in [-0.3, -0.25) is 9.52 Å². The molecule has 0 radical (unpaired) electrons. The number of nitrogens with zero attached hydrogens (tertiary/aromatic N) is 2. The summed E-state index contributed by atoms with van der Waals surface area (Å²) in [7, 11) is -1.75. The van der Waals surface area contributed by atoms with Crippen LogP contribution in [0, 0.1) is 0 Å². The minimum atomic E-state index is -3.65. The van der Waals surface area contributed by atoms with Gasteiger partial charge in [-0.1, -0.05) is 18.2 Å². The van der Waals surface area contributed by atoms with Crippen LogP contribution in [0.2, 0.25) is 0 Å². The molecule has 3 aromatic rings. The Hall–Kier alpha value is -3.13. The molecule has 2 N–H and O–H groups in total. The first-order valence-corrected chi connectivity index (χ1v) is 9.86. The highest BCUT2D eigenvalue weighted by Gasteiger charge is 2.14. The maximum Gasteiger partial charge on any atom is 0.261 e. The largest absolute Gasteiger partial charge is 0.352 e. The molecule has 1 amide bonds. The van der Waals surface area contributed by atoms with Crippen LogP contribution in [-0.4, -0.2) is 30.4 Å². The van der Waals surface area contributed by atoms with Crippen LogP contribution in [0.15, 0.2) is 71.9 Å². The predicted octanol–water partition coefficient (Wildman–Crippen LogP) is 2.19. The Kier molecular flexibility index (Phi) is 5.56. The molecule has 0 saturated heterocycles. The van der Waals surface area contributed by atoms with Gasteiger partial charge in [0.2, 0.25) is 0 Å². The van der Waals surface area contributed by atoms with Crippen molar-refractivity contribution in [3.63, 3.8) is 0 Å². The van der Waals surface area contributed by atoms with Crippen LogP contribution in [0.5, 0.6) is 0 Å². The second-order valence-electron chi connectivity index (χ2n) is 5.96. The van der Waals surface area contributed by atoms with Gasteiger partial charge in [0.15, 0.2) is 0 Å². The Morgan fingerprint density at radius 2 is 1.78 bits per heavy atom. The summed E-state index contributed by atoms with van der Waals surface area (Å²) in [6, 6.07) is 14.4. The smallest absolute Gasteiger partial charge is 0.261 e. The first kappa shape index (κ1) is 18.7. The number of sulfonamides is 1. The van der Waals surface area contributed by atoms with Crippen molar-refractivity contribution in [1.29, 1.82) is 0 Å². The summed E-state index contributed by atoms with van der Waals surface area (Å²) in [4.78, 5) is 16.6. The molecule has 1 heterocycles. The van der Waals surface area contributed by atoms with E-state index in [9.17, 15) is 13.2 Å². The first-order valence-electron chi connectivity index (χ1n) is 8.38. The van der Waals surface area contributed by atoms with E-state index in [0.717, 1.165) is 5.82 Å². The van der Waals surface area contributed by atoms with Crippen molar-refractivity contribution in [1.82, 2.24) is 14.9 Å². The first-order chi connectivity index (χ1) is 13.0. The Labute approximate surface area is 158 Å². The van der Waals surface area contributed by atoms with Gasteiger partial charge in [-0.25, -0.2) is 13.4 Å². The number of hydrogen-bond donors (Lipinski definition) is 2. The van der Waals surface area contributed by atoms with Crippen LogP contribution in [0.4, 0.5) is 5.69 Å². The van der Waals surface area contributed by atoms with Gasteiger partial charge in [0.05, 0.1) is 4.90 Å². The molecular formula is C19H20N4O3S. The van der Waals surface area contributed by atoms with Crippen LogP contribution in [0.1, 0.15) is 16.2 Å². The predicted molar refractivity (Wildman–Crippen MR) is 103 cm³/mol. The van der Waals surface area contributed by atoms with E-state index in [2.05, 4.69) is 15.0 Å². The third-order valence-electron chi connectivity index (χ3n) is 4.01. The summed E-state index contributed by atoms with van der Waals surface area (Å²) in [5.41, 5.74) is 0.848. The Morgan fingerprint density at radius 1 is 1.07 bits per heavy atom. The molecule has 27 heavy (non-hydrogen) atoms. The van der Waals surface area contributed by atoms with Crippen LogP contribution in [0.25, 0.3) is 0 Å². The monoisotopic (exact) mass is 384 g/mol. The summed E-state index contributed by atoms with van der Waals surface area (Å²) >= 11 is 0. The van der Waals surface area contributed by atoms with Crippen LogP contribution >= 0.6 is 0 Å². The van der Waals surface area contributed by atoms with Crippen molar-refractivity contribution in [2.45, 2.75) is 11.3 Å². The summed E-state index contributed by atoms with van der Waals surface area (Å²) in [5, 5.41) is 2.83.